The van der Waals surface area contributed by atoms with Crippen LogP contribution in [0.15, 0.2) is 18.2 Å². The number of hydrogen-bond donors (Lipinski definition) is 0. The number of hydrogen-bond acceptors (Lipinski definition) is 0. The van der Waals surface area contributed by atoms with Gasteiger partial charge in [-0.1, -0.05) is 43.2 Å². The van der Waals surface area contributed by atoms with Crippen molar-refractivity contribution >= 4 is 19.7 Å². The SMILES string of the molecule is C[Si](C)(C)C#Cc1c(F)cccc1Cl. The summed E-state index contributed by atoms with van der Waals surface area (Å²) < 4.78 is 13.3. The smallest absolute Gasteiger partial charge is 0.140 e. The predicted octanol–water partition coefficient (Wildman–Crippen LogP) is 3.71. The normalized spacial score (nSPS) is 10.6. The molecule has 0 aromatic heterocycles. The van der Waals surface area contributed by atoms with Gasteiger partial charge in [0.25, 0.3) is 0 Å². The Hall–Kier alpha value is -0.783. The van der Waals surface area contributed by atoms with E-state index in [-0.39, 0.29) is 5.82 Å². The summed E-state index contributed by atoms with van der Waals surface area (Å²) in [6, 6.07) is 4.61. The Balaban J connectivity index is 3.13. The second-order valence-electron chi connectivity index (χ2n) is 4.10. The molecule has 0 amide bonds. The highest BCUT2D eigenvalue weighted by molar-refractivity contribution is 6.83. The van der Waals surface area contributed by atoms with E-state index >= 15 is 0 Å². The molecule has 1 aromatic rings. The molecule has 1 rings (SSSR count). The van der Waals surface area contributed by atoms with Gasteiger partial charge in [-0.2, -0.15) is 0 Å². The van der Waals surface area contributed by atoms with Gasteiger partial charge in [0, 0.05) is 0 Å². The largest absolute Gasteiger partial charge is 0.206 e. The summed E-state index contributed by atoms with van der Waals surface area (Å²) in [6.07, 6.45) is 0. The lowest BCUT2D eigenvalue weighted by atomic mass is 10.2. The minimum Gasteiger partial charge on any atom is -0.206 e. The molecule has 0 aliphatic carbocycles. The van der Waals surface area contributed by atoms with Crippen LogP contribution in [0.5, 0.6) is 0 Å². The zero-order chi connectivity index (χ0) is 10.8. The molecule has 0 unspecified atom stereocenters. The Morgan fingerprint density at radius 1 is 1.29 bits per heavy atom. The highest BCUT2D eigenvalue weighted by atomic mass is 35.5. The zero-order valence-corrected chi connectivity index (χ0v) is 10.2. The minimum atomic E-state index is -1.47. The van der Waals surface area contributed by atoms with E-state index in [2.05, 4.69) is 31.1 Å². The summed E-state index contributed by atoms with van der Waals surface area (Å²) in [7, 11) is -1.47. The molecule has 1 aromatic carbocycles. The first-order chi connectivity index (χ1) is 6.40. The summed E-state index contributed by atoms with van der Waals surface area (Å²) in [5.74, 6) is 2.48. The van der Waals surface area contributed by atoms with Crippen molar-refractivity contribution in [2.45, 2.75) is 19.6 Å². The Labute approximate surface area is 90.1 Å². The third-order valence-corrected chi connectivity index (χ3v) is 2.72. The lowest BCUT2D eigenvalue weighted by Gasteiger charge is -2.04. The van der Waals surface area contributed by atoms with Gasteiger partial charge in [-0.3, -0.25) is 0 Å². The maximum absolute atomic E-state index is 13.3. The average Bonchev–Trinajstić information content (AvgIpc) is 2.01. The third kappa shape index (κ3) is 3.17. The van der Waals surface area contributed by atoms with E-state index in [1.165, 1.54) is 6.07 Å². The van der Waals surface area contributed by atoms with Crippen LogP contribution >= 0.6 is 11.6 Å². The average molecular weight is 227 g/mol. The van der Waals surface area contributed by atoms with Crippen LogP contribution in [0.1, 0.15) is 5.56 Å². The second-order valence-corrected chi connectivity index (χ2v) is 9.25. The highest BCUT2D eigenvalue weighted by Crippen LogP contribution is 2.17. The molecular formula is C11H12ClFSi. The van der Waals surface area contributed by atoms with E-state index in [1.807, 2.05) is 0 Å². The summed E-state index contributed by atoms with van der Waals surface area (Å²) in [5, 5.41) is 0.385. The van der Waals surface area contributed by atoms with Gasteiger partial charge in [0.05, 0.1) is 10.6 Å². The van der Waals surface area contributed by atoms with Crippen molar-refractivity contribution in [1.82, 2.24) is 0 Å². The van der Waals surface area contributed by atoms with Gasteiger partial charge in [-0.25, -0.2) is 4.39 Å². The summed E-state index contributed by atoms with van der Waals surface area (Å²) in [5.41, 5.74) is 3.40. The van der Waals surface area contributed by atoms with E-state index < -0.39 is 8.07 Å². The Morgan fingerprint density at radius 2 is 1.93 bits per heavy atom. The molecule has 74 valence electrons. The van der Waals surface area contributed by atoms with Crippen molar-refractivity contribution < 1.29 is 4.39 Å². The van der Waals surface area contributed by atoms with Crippen molar-refractivity contribution in [3.63, 3.8) is 0 Å². The molecule has 0 aliphatic rings. The van der Waals surface area contributed by atoms with Gasteiger partial charge in [-0.05, 0) is 12.1 Å². The van der Waals surface area contributed by atoms with E-state index in [4.69, 9.17) is 11.6 Å². The van der Waals surface area contributed by atoms with Gasteiger partial charge in [0.15, 0.2) is 0 Å². The fourth-order valence-electron chi connectivity index (χ4n) is 0.867. The van der Waals surface area contributed by atoms with Gasteiger partial charge >= 0.3 is 0 Å². The van der Waals surface area contributed by atoms with E-state index in [1.54, 1.807) is 12.1 Å². The van der Waals surface area contributed by atoms with Crippen LogP contribution in [0.3, 0.4) is 0 Å². The van der Waals surface area contributed by atoms with Crippen LogP contribution in [0.2, 0.25) is 24.7 Å². The molecule has 0 aliphatic heterocycles. The van der Waals surface area contributed by atoms with Crippen LogP contribution in [-0.2, 0) is 0 Å². The molecule has 0 atom stereocenters. The highest BCUT2D eigenvalue weighted by Gasteiger charge is 2.09. The maximum atomic E-state index is 13.3. The molecule has 0 spiro atoms. The Kier molecular flexibility index (Phi) is 3.36. The fourth-order valence-corrected chi connectivity index (χ4v) is 1.58. The van der Waals surface area contributed by atoms with Crippen LogP contribution in [0.4, 0.5) is 4.39 Å². The lowest BCUT2D eigenvalue weighted by Crippen LogP contribution is -2.16. The monoisotopic (exact) mass is 226 g/mol. The van der Waals surface area contributed by atoms with Crippen LogP contribution in [0, 0.1) is 17.3 Å². The van der Waals surface area contributed by atoms with Gasteiger partial charge < -0.3 is 0 Å². The maximum Gasteiger partial charge on any atom is 0.140 e. The number of halogens is 2. The molecule has 3 heteroatoms. The topological polar surface area (TPSA) is 0 Å². The predicted molar refractivity (Wildman–Crippen MR) is 61.6 cm³/mol. The standard InChI is InChI=1S/C11H12ClFSi/c1-14(2,3)8-7-9-10(12)5-4-6-11(9)13/h4-6H,1-3H3. The molecule has 0 bridgehead atoms. The second kappa shape index (κ2) is 4.16. The molecule has 0 radical (unpaired) electrons. The molecule has 0 fully saturated rings. The molecule has 14 heavy (non-hydrogen) atoms. The number of rotatable bonds is 0. The summed E-state index contributed by atoms with van der Waals surface area (Å²) in [6.45, 7) is 6.32. The minimum absolute atomic E-state index is 0.316. The van der Waals surface area contributed by atoms with Crippen molar-refractivity contribution in [1.29, 1.82) is 0 Å². The first kappa shape index (κ1) is 11.3. The van der Waals surface area contributed by atoms with Crippen molar-refractivity contribution in [3.8, 4) is 11.5 Å². The van der Waals surface area contributed by atoms with E-state index in [9.17, 15) is 4.39 Å². The van der Waals surface area contributed by atoms with Gasteiger partial charge in [0.1, 0.15) is 13.9 Å². The molecule has 0 saturated heterocycles. The Bertz CT molecular complexity index is 376. The van der Waals surface area contributed by atoms with Crippen LogP contribution < -0.4 is 0 Å². The van der Waals surface area contributed by atoms with Gasteiger partial charge in [-0.15, -0.1) is 5.54 Å². The first-order valence-electron chi connectivity index (χ1n) is 4.37. The first-order valence-corrected chi connectivity index (χ1v) is 8.25. The fraction of sp³-hybridized carbons (Fsp3) is 0.273. The van der Waals surface area contributed by atoms with Gasteiger partial charge in [0.2, 0.25) is 0 Å². The quantitative estimate of drug-likeness (QED) is 0.467. The molecule has 0 saturated carbocycles. The van der Waals surface area contributed by atoms with Crippen LogP contribution in [-0.4, -0.2) is 8.07 Å². The van der Waals surface area contributed by atoms with E-state index in [0.29, 0.717) is 10.6 Å². The molecule has 0 heterocycles. The molecular weight excluding hydrogens is 215 g/mol. The lowest BCUT2D eigenvalue weighted by molar-refractivity contribution is 0.624. The van der Waals surface area contributed by atoms with Crippen molar-refractivity contribution in [2.24, 2.45) is 0 Å². The van der Waals surface area contributed by atoms with Crippen molar-refractivity contribution in [3.05, 3.63) is 34.6 Å². The summed E-state index contributed by atoms with van der Waals surface area (Å²) in [4.78, 5) is 0. The zero-order valence-electron chi connectivity index (χ0n) is 8.49. The molecule has 0 N–H and O–H groups in total. The molecule has 0 nitrogen and oxygen atoms in total. The van der Waals surface area contributed by atoms with Crippen molar-refractivity contribution in [2.75, 3.05) is 0 Å². The van der Waals surface area contributed by atoms with Crippen LogP contribution in [0.25, 0.3) is 0 Å². The number of benzene rings is 1. The van der Waals surface area contributed by atoms with E-state index in [0.717, 1.165) is 0 Å². The summed E-state index contributed by atoms with van der Waals surface area (Å²) >= 11 is 5.83. The third-order valence-electron chi connectivity index (χ3n) is 1.53. The Morgan fingerprint density at radius 3 is 2.43 bits per heavy atom.